The molecule has 0 unspecified atom stereocenters. The zero-order valence-electron chi connectivity index (χ0n) is 12.0. The number of hydrogen-bond acceptors (Lipinski definition) is 5. The number of hydrogen-bond donors (Lipinski definition) is 1. The molecule has 1 saturated heterocycles. The molecule has 1 aromatic rings. The maximum atomic E-state index is 12.3. The Morgan fingerprint density at radius 1 is 1.41 bits per heavy atom. The van der Waals surface area contributed by atoms with Crippen molar-refractivity contribution in [3.63, 3.8) is 0 Å². The summed E-state index contributed by atoms with van der Waals surface area (Å²) >= 11 is 5.83. The van der Waals surface area contributed by atoms with Gasteiger partial charge >= 0.3 is 0 Å². The molecule has 1 heterocycles. The van der Waals surface area contributed by atoms with Crippen molar-refractivity contribution in [2.45, 2.75) is 4.90 Å². The van der Waals surface area contributed by atoms with Crippen LogP contribution in [0.15, 0.2) is 23.1 Å². The zero-order chi connectivity index (χ0) is 16.2. The standard InChI is InChI=1S/C13H17ClN2O5S/c1-20-11-3-2-10(14)8-12(11)22(18,19)15-9-13(17)16-4-6-21-7-5-16/h2-3,8,15H,4-7,9H2,1H3. The summed E-state index contributed by atoms with van der Waals surface area (Å²) in [5, 5.41) is 0.265. The van der Waals surface area contributed by atoms with E-state index in [1.165, 1.54) is 25.3 Å². The van der Waals surface area contributed by atoms with Crippen LogP contribution in [0.3, 0.4) is 0 Å². The molecule has 1 aliphatic rings. The normalized spacial score (nSPS) is 15.6. The first kappa shape index (κ1) is 17.0. The van der Waals surface area contributed by atoms with Gasteiger partial charge in [0.15, 0.2) is 0 Å². The summed E-state index contributed by atoms with van der Waals surface area (Å²) in [6.45, 7) is 1.52. The predicted octanol–water partition coefficient (Wildman–Crippen LogP) is 0.486. The molecule has 0 aromatic heterocycles. The van der Waals surface area contributed by atoms with Gasteiger partial charge in [-0.05, 0) is 18.2 Å². The van der Waals surface area contributed by atoms with E-state index in [0.717, 1.165) is 0 Å². The second-order valence-electron chi connectivity index (χ2n) is 4.61. The number of nitrogens with zero attached hydrogens (tertiary/aromatic N) is 1. The molecule has 0 radical (unpaired) electrons. The minimum absolute atomic E-state index is 0.0997. The van der Waals surface area contributed by atoms with Crippen LogP contribution < -0.4 is 9.46 Å². The average molecular weight is 349 g/mol. The minimum Gasteiger partial charge on any atom is -0.495 e. The van der Waals surface area contributed by atoms with E-state index < -0.39 is 10.0 Å². The van der Waals surface area contributed by atoms with E-state index in [2.05, 4.69) is 4.72 Å². The van der Waals surface area contributed by atoms with Gasteiger partial charge in [-0.25, -0.2) is 13.1 Å². The lowest BCUT2D eigenvalue weighted by molar-refractivity contribution is -0.133. The van der Waals surface area contributed by atoms with Gasteiger partial charge in [-0.3, -0.25) is 4.79 Å². The maximum Gasteiger partial charge on any atom is 0.244 e. The van der Waals surface area contributed by atoms with Crippen LogP contribution in [-0.2, 0) is 19.6 Å². The molecule has 0 atom stereocenters. The minimum atomic E-state index is -3.90. The number of morpholine rings is 1. The third-order valence-electron chi connectivity index (χ3n) is 3.19. The summed E-state index contributed by atoms with van der Waals surface area (Å²) in [6, 6.07) is 4.26. The highest BCUT2D eigenvalue weighted by Gasteiger charge is 2.23. The summed E-state index contributed by atoms with van der Waals surface area (Å²) in [5.41, 5.74) is 0. The first-order valence-corrected chi connectivity index (χ1v) is 8.49. The fourth-order valence-corrected chi connectivity index (χ4v) is 3.42. The molecule has 0 bridgehead atoms. The molecule has 0 spiro atoms. The lowest BCUT2D eigenvalue weighted by atomic mass is 10.3. The van der Waals surface area contributed by atoms with Crippen LogP contribution in [0.4, 0.5) is 0 Å². The fraction of sp³-hybridized carbons (Fsp3) is 0.462. The second kappa shape index (κ2) is 7.28. The Kier molecular flexibility index (Phi) is 5.63. The van der Waals surface area contributed by atoms with Crippen molar-refractivity contribution in [1.82, 2.24) is 9.62 Å². The van der Waals surface area contributed by atoms with Gasteiger partial charge in [-0.2, -0.15) is 0 Å². The van der Waals surface area contributed by atoms with E-state index in [-0.39, 0.29) is 28.1 Å². The number of benzene rings is 1. The Hall–Kier alpha value is -1.35. The molecule has 122 valence electrons. The van der Waals surface area contributed by atoms with Crippen LogP contribution in [0.2, 0.25) is 5.02 Å². The van der Waals surface area contributed by atoms with Gasteiger partial charge in [-0.15, -0.1) is 0 Å². The third kappa shape index (κ3) is 4.10. The Balaban J connectivity index is 2.08. The van der Waals surface area contributed by atoms with Crippen LogP contribution >= 0.6 is 11.6 Å². The molecule has 9 heteroatoms. The van der Waals surface area contributed by atoms with Crippen LogP contribution in [0, 0.1) is 0 Å². The second-order valence-corrected chi connectivity index (χ2v) is 6.78. The first-order valence-electron chi connectivity index (χ1n) is 6.63. The molecule has 1 fully saturated rings. The quantitative estimate of drug-likeness (QED) is 0.837. The lowest BCUT2D eigenvalue weighted by Crippen LogP contribution is -2.45. The molecular formula is C13H17ClN2O5S. The van der Waals surface area contributed by atoms with Crippen LogP contribution in [0.5, 0.6) is 5.75 Å². The molecule has 1 N–H and O–H groups in total. The summed E-state index contributed by atoms with van der Waals surface area (Å²) in [7, 11) is -2.54. The van der Waals surface area contributed by atoms with Crippen molar-refractivity contribution < 1.29 is 22.7 Å². The molecule has 1 aromatic carbocycles. The van der Waals surface area contributed by atoms with E-state index in [9.17, 15) is 13.2 Å². The van der Waals surface area contributed by atoms with E-state index in [1.54, 1.807) is 4.90 Å². The van der Waals surface area contributed by atoms with Crippen molar-refractivity contribution in [3.05, 3.63) is 23.2 Å². The number of sulfonamides is 1. The number of amides is 1. The lowest BCUT2D eigenvalue weighted by Gasteiger charge is -2.26. The highest BCUT2D eigenvalue weighted by Crippen LogP contribution is 2.26. The predicted molar refractivity (Wildman–Crippen MR) is 80.6 cm³/mol. The fourth-order valence-electron chi connectivity index (χ4n) is 2.02. The largest absolute Gasteiger partial charge is 0.495 e. The topological polar surface area (TPSA) is 84.9 Å². The number of carbonyl (C=O) groups is 1. The average Bonchev–Trinajstić information content (AvgIpc) is 2.53. The number of ether oxygens (including phenoxy) is 2. The molecule has 0 saturated carbocycles. The number of halogens is 1. The van der Waals surface area contributed by atoms with Gasteiger partial charge in [0.2, 0.25) is 15.9 Å². The monoisotopic (exact) mass is 348 g/mol. The smallest absolute Gasteiger partial charge is 0.244 e. The number of nitrogens with one attached hydrogen (secondary N) is 1. The Bertz CT molecular complexity index is 644. The first-order chi connectivity index (χ1) is 10.4. The number of rotatable bonds is 5. The van der Waals surface area contributed by atoms with E-state index in [0.29, 0.717) is 26.3 Å². The SMILES string of the molecule is COc1ccc(Cl)cc1S(=O)(=O)NCC(=O)N1CCOCC1. The molecule has 22 heavy (non-hydrogen) atoms. The van der Waals surface area contributed by atoms with Gasteiger partial charge in [0.1, 0.15) is 10.6 Å². The van der Waals surface area contributed by atoms with Crippen LogP contribution in [0.1, 0.15) is 0 Å². The van der Waals surface area contributed by atoms with Crippen LogP contribution in [0.25, 0.3) is 0 Å². The van der Waals surface area contributed by atoms with E-state index in [1.807, 2.05) is 0 Å². The van der Waals surface area contributed by atoms with Gasteiger partial charge in [0, 0.05) is 18.1 Å². The van der Waals surface area contributed by atoms with Crippen molar-refractivity contribution in [3.8, 4) is 5.75 Å². The molecule has 1 aliphatic heterocycles. The van der Waals surface area contributed by atoms with Crippen molar-refractivity contribution in [2.75, 3.05) is 40.0 Å². The Morgan fingerprint density at radius 2 is 2.09 bits per heavy atom. The highest BCUT2D eigenvalue weighted by molar-refractivity contribution is 7.89. The van der Waals surface area contributed by atoms with Gasteiger partial charge < -0.3 is 14.4 Å². The Morgan fingerprint density at radius 3 is 2.73 bits per heavy atom. The molecule has 2 rings (SSSR count). The summed E-state index contributed by atoms with van der Waals surface area (Å²) in [6.07, 6.45) is 0. The molecule has 1 amide bonds. The summed E-state index contributed by atoms with van der Waals surface area (Å²) in [5.74, 6) is -0.136. The van der Waals surface area contributed by atoms with Crippen molar-refractivity contribution in [1.29, 1.82) is 0 Å². The number of methoxy groups -OCH3 is 1. The van der Waals surface area contributed by atoms with E-state index in [4.69, 9.17) is 21.1 Å². The summed E-state index contributed by atoms with van der Waals surface area (Å²) in [4.78, 5) is 13.4. The third-order valence-corrected chi connectivity index (χ3v) is 4.85. The van der Waals surface area contributed by atoms with Crippen LogP contribution in [-0.4, -0.2) is 59.2 Å². The van der Waals surface area contributed by atoms with Gasteiger partial charge in [-0.1, -0.05) is 11.6 Å². The molecule has 0 aliphatic carbocycles. The highest BCUT2D eigenvalue weighted by atomic mass is 35.5. The van der Waals surface area contributed by atoms with Crippen molar-refractivity contribution in [2.24, 2.45) is 0 Å². The van der Waals surface area contributed by atoms with E-state index >= 15 is 0 Å². The Labute approximate surface area is 134 Å². The maximum absolute atomic E-state index is 12.3. The molecular weight excluding hydrogens is 332 g/mol. The zero-order valence-corrected chi connectivity index (χ0v) is 13.6. The van der Waals surface area contributed by atoms with Gasteiger partial charge in [0.25, 0.3) is 0 Å². The molecule has 7 nitrogen and oxygen atoms in total. The number of carbonyl (C=O) groups excluding carboxylic acids is 1. The van der Waals surface area contributed by atoms with Gasteiger partial charge in [0.05, 0.1) is 26.9 Å². The van der Waals surface area contributed by atoms with Crippen molar-refractivity contribution >= 4 is 27.5 Å². The summed E-state index contributed by atoms with van der Waals surface area (Å²) < 4.78 is 37.1.